The van der Waals surface area contributed by atoms with E-state index in [1.807, 2.05) is 24.3 Å². The largest absolute Gasteiger partial charge is 0.496 e. The maximum absolute atomic E-state index is 13.4. The second kappa shape index (κ2) is 7.71. The number of nitrogens with one attached hydrogen (secondary N) is 2. The number of ether oxygens (including phenoxy) is 1. The number of hydrogen-bond acceptors (Lipinski definition) is 5. The summed E-state index contributed by atoms with van der Waals surface area (Å²) in [5.41, 5.74) is 1.10. The van der Waals surface area contributed by atoms with Crippen molar-refractivity contribution in [3.63, 3.8) is 0 Å². The molecule has 2 heterocycles. The number of benzene rings is 1. The van der Waals surface area contributed by atoms with Gasteiger partial charge in [-0.1, -0.05) is 18.2 Å². The van der Waals surface area contributed by atoms with Gasteiger partial charge < -0.3 is 19.9 Å². The van der Waals surface area contributed by atoms with Crippen molar-refractivity contribution >= 4 is 15.9 Å². The summed E-state index contributed by atoms with van der Waals surface area (Å²) in [5, 5.41) is 5.77. The highest BCUT2D eigenvalue weighted by atomic mass is 32.2. The van der Waals surface area contributed by atoms with Gasteiger partial charge in [-0.25, -0.2) is 8.42 Å². The Morgan fingerprint density at radius 3 is 2.78 bits per heavy atom. The predicted molar refractivity (Wildman–Crippen MR) is 101 cm³/mol. The molecule has 0 aliphatic carbocycles. The van der Waals surface area contributed by atoms with Crippen LogP contribution in [0.4, 0.5) is 0 Å². The van der Waals surface area contributed by atoms with Crippen LogP contribution in [0.15, 0.2) is 41.4 Å². The van der Waals surface area contributed by atoms with Gasteiger partial charge in [0, 0.05) is 45.5 Å². The van der Waals surface area contributed by atoms with Gasteiger partial charge in [-0.15, -0.1) is 0 Å². The molecule has 0 bridgehead atoms. The molecule has 2 aromatic rings. The van der Waals surface area contributed by atoms with Gasteiger partial charge in [-0.2, -0.15) is 4.31 Å². The number of nitrogens with zero attached hydrogens (tertiary/aromatic N) is 2. The Hall–Kier alpha value is -2.36. The van der Waals surface area contributed by atoms with E-state index in [4.69, 9.17) is 4.74 Å². The molecular weight excluding hydrogens is 368 g/mol. The average molecular weight is 392 g/mol. The molecule has 1 aliphatic heterocycles. The highest BCUT2D eigenvalue weighted by molar-refractivity contribution is 7.89. The summed E-state index contributed by atoms with van der Waals surface area (Å²) >= 11 is 0. The number of piperazine rings is 1. The molecule has 1 aromatic heterocycles. The second-order valence-electron chi connectivity index (χ2n) is 6.33. The number of amides is 1. The van der Waals surface area contributed by atoms with E-state index in [0.29, 0.717) is 31.1 Å². The minimum Gasteiger partial charge on any atom is -0.496 e. The molecule has 8 nitrogen and oxygen atoms in total. The molecule has 1 atom stereocenters. The number of carbonyl (C=O) groups is 1. The molecule has 1 aliphatic rings. The molecule has 0 saturated carbocycles. The molecule has 27 heavy (non-hydrogen) atoms. The van der Waals surface area contributed by atoms with Crippen LogP contribution in [0.5, 0.6) is 5.75 Å². The van der Waals surface area contributed by atoms with E-state index in [9.17, 15) is 13.2 Å². The topological polar surface area (TPSA) is 92.7 Å². The van der Waals surface area contributed by atoms with Crippen molar-refractivity contribution in [1.82, 2.24) is 19.5 Å². The van der Waals surface area contributed by atoms with Gasteiger partial charge >= 0.3 is 0 Å². The smallest absolute Gasteiger partial charge is 0.267 e. The van der Waals surface area contributed by atoms with Crippen LogP contribution in [-0.4, -0.2) is 57.0 Å². The lowest BCUT2D eigenvalue weighted by atomic mass is 10.0. The van der Waals surface area contributed by atoms with E-state index < -0.39 is 16.1 Å². The summed E-state index contributed by atoms with van der Waals surface area (Å²) in [6.45, 7) is 1.37. The number of sulfonamides is 1. The first kappa shape index (κ1) is 19.4. The fraction of sp³-hybridized carbons (Fsp3) is 0.389. The Labute approximate surface area is 159 Å². The van der Waals surface area contributed by atoms with Crippen molar-refractivity contribution in [2.24, 2.45) is 7.05 Å². The zero-order chi connectivity index (χ0) is 19.6. The molecule has 2 N–H and O–H groups in total. The van der Waals surface area contributed by atoms with Crippen LogP contribution < -0.4 is 15.4 Å². The molecular formula is C18H24N4O4S. The van der Waals surface area contributed by atoms with Gasteiger partial charge in [0.2, 0.25) is 10.0 Å². The SMILES string of the molecule is CNC(=O)c1cc(S(=O)(=O)N2CCNCC2c2ccccc2OC)cn1C. The first-order valence-electron chi connectivity index (χ1n) is 8.64. The van der Waals surface area contributed by atoms with Crippen LogP contribution in [0.2, 0.25) is 0 Å². The molecule has 1 saturated heterocycles. The van der Waals surface area contributed by atoms with Crippen LogP contribution >= 0.6 is 0 Å². The van der Waals surface area contributed by atoms with Crippen LogP contribution in [0.3, 0.4) is 0 Å². The summed E-state index contributed by atoms with van der Waals surface area (Å²) in [6, 6.07) is 8.42. The number of hydrogen-bond donors (Lipinski definition) is 2. The quantitative estimate of drug-likeness (QED) is 0.783. The minimum atomic E-state index is -3.79. The maximum atomic E-state index is 13.4. The lowest BCUT2D eigenvalue weighted by molar-refractivity contribution is 0.0955. The number of aryl methyl sites for hydroxylation is 1. The zero-order valence-corrected chi connectivity index (χ0v) is 16.4. The van der Waals surface area contributed by atoms with E-state index in [2.05, 4.69) is 10.6 Å². The predicted octanol–water partition coefficient (Wildman–Crippen LogP) is 0.729. The van der Waals surface area contributed by atoms with Gasteiger partial charge in [0.15, 0.2) is 0 Å². The van der Waals surface area contributed by atoms with E-state index in [1.54, 1.807) is 14.2 Å². The molecule has 1 aromatic carbocycles. The standard InChI is InChI=1S/C18H24N4O4S/c1-19-18(23)15-10-13(12-21(15)2)27(24,25)22-9-8-20-11-16(22)14-6-4-5-7-17(14)26-3/h4-7,10,12,16,20H,8-9,11H2,1-3H3,(H,19,23). The fourth-order valence-corrected chi connectivity index (χ4v) is 5.02. The Morgan fingerprint density at radius 2 is 2.07 bits per heavy atom. The average Bonchev–Trinajstić information content (AvgIpc) is 3.10. The number of para-hydroxylation sites is 1. The van der Waals surface area contributed by atoms with Gasteiger partial charge in [0.05, 0.1) is 13.2 Å². The molecule has 9 heteroatoms. The zero-order valence-electron chi connectivity index (χ0n) is 15.6. The van der Waals surface area contributed by atoms with Crippen molar-refractivity contribution < 1.29 is 17.9 Å². The molecule has 3 rings (SSSR count). The van der Waals surface area contributed by atoms with Gasteiger partial charge in [-0.3, -0.25) is 4.79 Å². The molecule has 0 radical (unpaired) electrons. The van der Waals surface area contributed by atoms with E-state index in [1.165, 1.54) is 28.2 Å². The van der Waals surface area contributed by atoms with Crippen LogP contribution in [0.25, 0.3) is 0 Å². The lowest BCUT2D eigenvalue weighted by Crippen LogP contribution is -2.48. The Morgan fingerprint density at radius 1 is 1.33 bits per heavy atom. The van der Waals surface area contributed by atoms with Crippen molar-refractivity contribution in [1.29, 1.82) is 0 Å². The van der Waals surface area contributed by atoms with Crippen LogP contribution in [0.1, 0.15) is 22.1 Å². The van der Waals surface area contributed by atoms with E-state index in [0.717, 1.165) is 5.56 Å². The molecule has 1 unspecified atom stereocenters. The lowest BCUT2D eigenvalue weighted by Gasteiger charge is -2.35. The highest BCUT2D eigenvalue weighted by Crippen LogP contribution is 2.34. The fourth-order valence-electron chi connectivity index (χ4n) is 3.34. The third-order valence-corrected chi connectivity index (χ3v) is 6.61. The summed E-state index contributed by atoms with van der Waals surface area (Å²) < 4.78 is 35.1. The first-order valence-corrected chi connectivity index (χ1v) is 10.1. The van der Waals surface area contributed by atoms with Gasteiger partial charge in [0.25, 0.3) is 5.91 Å². The number of carbonyl (C=O) groups excluding carboxylic acids is 1. The summed E-state index contributed by atoms with van der Waals surface area (Å²) in [7, 11) is 0.943. The normalized spacial score (nSPS) is 18.3. The van der Waals surface area contributed by atoms with Gasteiger partial charge in [0.1, 0.15) is 16.3 Å². The third-order valence-electron chi connectivity index (χ3n) is 4.74. The van der Waals surface area contributed by atoms with Crippen molar-refractivity contribution in [2.45, 2.75) is 10.9 Å². The number of rotatable bonds is 5. The van der Waals surface area contributed by atoms with Gasteiger partial charge in [-0.05, 0) is 12.1 Å². The maximum Gasteiger partial charge on any atom is 0.267 e. The highest BCUT2D eigenvalue weighted by Gasteiger charge is 2.36. The Balaban J connectivity index is 2.02. The van der Waals surface area contributed by atoms with E-state index in [-0.39, 0.29) is 10.8 Å². The molecule has 1 fully saturated rings. The number of aromatic nitrogens is 1. The summed E-state index contributed by atoms with van der Waals surface area (Å²) in [4.78, 5) is 12.1. The Kier molecular flexibility index (Phi) is 5.54. The van der Waals surface area contributed by atoms with Crippen molar-refractivity contribution in [3.8, 4) is 5.75 Å². The monoisotopic (exact) mass is 392 g/mol. The first-order chi connectivity index (χ1) is 12.9. The van der Waals surface area contributed by atoms with Crippen molar-refractivity contribution in [2.75, 3.05) is 33.8 Å². The Bertz CT molecular complexity index is 939. The summed E-state index contributed by atoms with van der Waals surface area (Å²) in [5.74, 6) is 0.311. The van der Waals surface area contributed by atoms with E-state index >= 15 is 0 Å². The van der Waals surface area contributed by atoms with Crippen LogP contribution in [-0.2, 0) is 17.1 Å². The van der Waals surface area contributed by atoms with Crippen molar-refractivity contribution in [3.05, 3.63) is 47.8 Å². The summed E-state index contributed by atoms with van der Waals surface area (Å²) in [6.07, 6.45) is 1.47. The second-order valence-corrected chi connectivity index (χ2v) is 8.22. The molecule has 1 amide bonds. The third kappa shape index (κ3) is 3.58. The minimum absolute atomic E-state index is 0.102. The number of methoxy groups -OCH3 is 1. The molecule has 0 spiro atoms. The molecule has 146 valence electrons. The van der Waals surface area contributed by atoms with Crippen LogP contribution in [0, 0.1) is 0 Å².